The first-order chi connectivity index (χ1) is 6.65. The minimum atomic E-state index is -0.629. The normalized spacial score (nSPS) is 12.2. The number of ether oxygens (including phenoxy) is 1. The first kappa shape index (κ1) is 10.7. The Morgan fingerprint density at radius 1 is 1.50 bits per heavy atom. The van der Waals surface area contributed by atoms with Crippen LogP contribution in [-0.2, 0) is 4.79 Å². The molecule has 0 aliphatic heterocycles. The molecule has 3 heteroatoms. The van der Waals surface area contributed by atoms with Gasteiger partial charge in [0.25, 0.3) is 0 Å². The van der Waals surface area contributed by atoms with Crippen molar-refractivity contribution in [3.05, 3.63) is 29.8 Å². The third-order valence-electron chi connectivity index (χ3n) is 1.88. The summed E-state index contributed by atoms with van der Waals surface area (Å²) >= 11 is 0. The van der Waals surface area contributed by atoms with E-state index < -0.39 is 6.10 Å². The number of hydrogen-bond acceptors (Lipinski definition) is 3. The maximum absolute atomic E-state index is 11.1. The molecule has 0 saturated heterocycles. The van der Waals surface area contributed by atoms with E-state index in [1.54, 1.807) is 38.1 Å². The number of carbonyl (C=O) groups excluding carboxylic acids is 1. The Hall–Kier alpha value is -1.35. The molecule has 1 rings (SSSR count). The van der Waals surface area contributed by atoms with E-state index in [9.17, 15) is 9.90 Å². The summed E-state index contributed by atoms with van der Waals surface area (Å²) in [5.74, 6) is 0.146. The number of benzene rings is 1. The molecule has 0 saturated carbocycles. The molecule has 0 aliphatic rings. The predicted molar refractivity (Wildman–Crippen MR) is 53.0 cm³/mol. The van der Waals surface area contributed by atoms with E-state index in [1.807, 2.05) is 0 Å². The van der Waals surface area contributed by atoms with Crippen LogP contribution in [0.25, 0.3) is 0 Å². The van der Waals surface area contributed by atoms with Crippen LogP contribution >= 0.6 is 0 Å². The lowest BCUT2D eigenvalue weighted by Gasteiger charge is -2.10. The smallest absolute Gasteiger partial charge is 0.310 e. The summed E-state index contributed by atoms with van der Waals surface area (Å²) in [6.07, 6.45) is -0.301. The molecule has 0 fully saturated rings. The molecule has 0 radical (unpaired) electrons. The van der Waals surface area contributed by atoms with Crippen LogP contribution in [0, 0.1) is 0 Å². The number of carbonyl (C=O) groups is 1. The van der Waals surface area contributed by atoms with Crippen molar-refractivity contribution in [2.75, 3.05) is 0 Å². The monoisotopic (exact) mass is 194 g/mol. The summed E-state index contributed by atoms with van der Waals surface area (Å²) in [6, 6.07) is 6.98. The number of aliphatic hydroxyl groups is 1. The highest BCUT2D eigenvalue weighted by Crippen LogP contribution is 2.24. The molecule has 0 amide bonds. The van der Waals surface area contributed by atoms with E-state index >= 15 is 0 Å². The van der Waals surface area contributed by atoms with Crippen LogP contribution < -0.4 is 4.74 Å². The molecule has 1 atom stereocenters. The fourth-order valence-electron chi connectivity index (χ4n) is 1.11. The second-order valence-corrected chi connectivity index (χ2v) is 3.04. The van der Waals surface area contributed by atoms with Crippen LogP contribution in [0.3, 0.4) is 0 Å². The molecular formula is C11H14O3. The quantitative estimate of drug-likeness (QED) is 0.591. The first-order valence-electron chi connectivity index (χ1n) is 4.62. The molecule has 1 aromatic carbocycles. The summed E-state index contributed by atoms with van der Waals surface area (Å²) in [6.45, 7) is 3.37. The van der Waals surface area contributed by atoms with Crippen molar-refractivity contribution in [1.29, 1.82) is 0 Å². The molecule has 1 N–H and O–H groups in total. The van der Waals surface area contributed by atoms with Gasteiger partial charge in [0.15, 0.2) is 0 Å². The van der Waals surface area contributed by atoms with Gasteiger partial charge in [0.05, 0.1) is 6.10 Å². The molecule has 14 heavy (non-hydrogen) atoms. The van der Waals surface area contributed by atoms with Gasteiger partial charge in [-0.15, -0.1) is 0 Å². The molecule has 1 aromatic rings. The predicted octanol–water partition coefficient (Wildman–Crippen LogP) is 2.06. The highest BCUT2D eigenvalue weighted by molar-refractivity contribution is 5.72. The van der Waals surface area contributed by atoms with Crippen molar-refractivity contribution in [2.45, 2.75) is 26.4 Å². The fraction of sp³-hybridized carbons (Fsp3) is 0.364. The van der Waals surface area contributed by atoms with Crippen molar-refractivity contribution in [1.82, 2.24) is 0 Å². The zero-order chi connectivity index (χ0) is 10.6. The Bertz CT molecular complexity index is 318. The Kier molecular flexibility index (Phi) is 3.65. The Labute approximate surface area is 83.3 Å². The summed E-state index contributed by atoms with van der Waals surface area (Å²) in [4.78, 5) is 11.1. The first-order valence-corrected chi connectivity index (χ1v) is 4.62. The summed E-state index contributed by atoms with van der Waals surface area (Å²) in [7, 11) is 0. The van der Waals surface area contributed by atoms with Crippen LogP contribution in [0.5, 0.6) is 5.75 Å². The second-order valence-electron chi connectivity index (χ2n) is 3.04. The number of hydrogen-bond donors (Lipinski definition) is 1. The van der Waals surface area contributed by atoms with Gasteiger partial charge in [-0.2, -0.15) is 0 Å². The van der Waals surface area contributed by atoms with Gasteiger partial charge in [0.1, 0.15) is 5.75 Å². The van der Waals surface area contributed by atoms with E-state index in [1.165, 1.54) is 0 Å². The number of rotatable bonds is 3. The zero-order valence-corrected chi connectivity index (χ0v) is 8.36. The highest BCUT2D eigenvalue weighted by atomic mass is 16.5. The molecule has 1 unspecified atom stereocenters. The molecule has 76 valence electrons. The highest BCUT2D eigenvalue weighted by Gasteiger charge is 2.10. The van der Waals surface area contributed by atoms with Crippen LogP contribution in [-0.4, -0.2) is 11.1 Å². The van der Waals surface area contributed by atoms with Gasteiger partial charge in [-0.1, -0.05) is 25.1 Å². The van der Waals surface area contributed by atoms with Crippen LogP contribution in [0.1, 0.15) is 31.9 Å². The Balaban J connectivity index is 2.90. The summed E-state index contributed by atoms with van der Waals surface area (Å²) < 4.78 is 5.06. The SMILES string of the molecule is CCC(=O)Oc1ccccc1C(C)O. The van der Waals surface area contributed by atoms with Gasteiger partial charge in [-0.05, 0) is 13.0 Å². The van der Waals surface area contributed by atoms with E-state index in [-0.39, 0.29) is 5.97 Å². The Morgan fingerprint density at radius 2 is 2.14 bits per heavy atom. The number of para-hydroxylation sites is 1. The third kappa shape index (κ3) is 2.57. The van der Waals surface area contributed by atoms with Crippen molar-refractivity contribution >= 4 is 5.97 Å². The Morgan fingerprint density at radius 3 is 2.71 bits per heavy atom. The van der Waals surface area contributed by atoms with Crippen LogP contribution in [0.15, 0.2) is 24.3 Å². The van der Waals surface area contributed by atoms with E-state index in [0.717, 1.165) is 0 Å². The number of esters is 1. The molecule has 3 nitrogen and oxygen atoms in total. The minimum absolute atomic E-state index is 0.293. The van der Waals surface area contributed by atoms with Crippen molar-refractivity contribution in [3.8, 4) is 5.75 Å². The topological polar surface area (TPSA) is 46.5 Å². The van der Waals surface area contributed by atoms with Gasteiger partial charge < -0.3 is 9.84 Å². The number of aliphatic hydroxyl groups excluding tert-OH is 1. The van der Waals surface area contributed by atoms with E-state index in [4.69, 9.17) is 4.74 Å². The molecule has 0 spiro atoms. The lowest BCUT2D eigenvalue weighted by Crippen LogP contribution is -2.08. The maximum Gasteiger partial charge on any atom is 0.310 e. The van der Waals surface area contributed by atoms with Gasteiger partial charge >= 0.3 is 5.97 Å². The van der Waals surface area contributed by atoms with Gasteiger partial charge in [-0.3, -0.25) is 4.79 Å². The third-order valence-corrected chi connectivity index (χ3v) is 1.88. The average molecular weight is 194 g/mol. The molecule has 0 aromatic heterocycles. The van der Waals surface area contributed by atoms with E-state index in [0.29, 0.717) is 17.7 Å². The average Bonchev–Trinajstić information content (AvgIpc) is 2.18. The lowest BCUT2D eigenvalue weighted by atomic mass is 10.1. The van der Waals surface area contributed by atoms with E-state index in [2.05, 4.69) is 0 Å². The van der Waals surface area contributed by atoms with Gasteiger partial charge in [0, 0.05) is 12.0 Å². The zero-order valence-electron chi connectivity index (χ0n) is 8.36. The lowest BCUT2D eigenvalue weighted by molar-refractivity contribution is -0.134. The maximum atomic E-state index is 11.1. The van der Waals surface area contributed by atoms with Crippen molar-refractivity contribution in [3.63, 3.8) is 0 Å². The second kappa shape index (κ2) is 4.77. The van der Waals surface area contributed by atoms with Crippen molar-refractivity contribution < 1.29 is 14.6 Å². The van der Waals surface area contributed by atoms with Gasteiger partial charge in [-0.25, -0.2) is 0 Å². The van der Waals surface area contributed by atoms with Crippen LogP contribution in [0.4, 0.5) is 0 Å². The van der Waals surface area contributed by atoms with Gasteiger partial charge in [0.2, 0.25) is 0 Å². The molecule has 0 aliphatic carbocycles. The summed E-state index contributed by atoms with van der Waals surface area (Å²) in [5, 5.41) is 9.40. The van der Waals surface area contributed by atoms with Crippen molar-refractivity contribution in [2.24, 2.45) is 0 Å². The van der Waals surface area contributed by atoms with Crippen LogP contribution in [0.2, 0.25) is 0 Å². The standard InChI is InChI=1S/C11H14O3/c1-3-11(13)14-10-7-5-4-6-9(10)8(2)12/h4-8,12H,3H2,1-2H3. The molecule has 0 bridgehead atoms. The molecular weight excluding hydrogens is 180 g/mol. The molecule has 0 heterocycles. The fourth-order valence-corrected chi connectivity index (χ4v) is 1.11. The minimum Gasteiger partial charge on any atom is -0.426 e. The largest absolute Gasteiger partial charge is 0.426 e. The summed E-state index contributed by atoms with van der Waals surface area (Å²) in [5.41, 5.74) is 0.634.